The molecule has 1 aliphatic carbocycles. The average molecular weight is 430 g/mol. The molecule has 31 heavy (non-hydrogen) atoms. The van der Waals surface area contributed by atoms with Crippen molar-refractivity contribution in [1.29, 1.82) is 0 Å². The normalized spacial score (nSPS) is 19.5. The van der Waals surface area contributed by atoms with E-state index in [0.29, 0.717) is 16.7 Å². The van der Waals surface area contributed by atoms with E-state index >= 15 is 0 Å². The number of ether oxygens (including phenoxy) is 3. The fraction of sp³-hybridized carbons (Fsp3) is 0.500. The van der Waals surface area contributed by atoms with Crippen LogP contribution in [0.3, 0.4) is 0 Å². The Morgan fingerprint density at radius 3 is 2.00 bits per heavy atom. The molecule has 0 aliphatic heterocycles. The molecule has 0 N–H and O–H groups in total. The smallest absolute Gasteiger partial charge is 0.323 e. The lowest BCUT2D eigenvalue weighted by molar-refractivity contribution is -0.170. The lowest BCUT2D eigenvalue weighted by atomic mass is 9.69. The summed E-state index contributed by atoms with van der Waals surface area (Å²) in [7, 11) is 0. The molecule has 0 radical (unpaired) electrons. The van der Waals surface area contributed by atoms with Gasteiger partial charge < -0.3 is 14.2 Å². The number of carbonyl (C=O) groups is 4. The van der Waals surface area contributed by atoms with Gasteiger partial charge in [-0.25, -0.2) is 0 Å². The number of Topliss-reactive ketones (excluding diaryl/α,β-unsaturated/α-hetero) is 1. The van der Waals surface area contributed by atoms with Gasteiger partial charge in [0.25, 0.3) is 0 Å². The average Bonchev–Trinajstić information content (AvgIpc) is 2.75. The van der Waals surface area contributed by atoms with Gasteiger partial charge in [0.1, 0.15) is 5.41 Å². The number of carbonyl (C=O) groups excluding carboxylic acids is 4. The van der Waals surface area contributed by atoms with Crippen LogP contribution in [0.1, 0.15) is 63.4 Å². The van der Waals surface area contributed by atoms with E-state index in [1.807, 2.05) is 0 Å². The van der Waals surface area contributed by atoms with Gasteiger partial charge in [0.15, 0.2) is 11.2 Å². The maximum Gasteiger partial charge on any atom is 0.323 e. The minimum Gasteiger partial charge on any atom is -0.465 e. The summed E-state index contributed by atoms with van der Waals surface area (Å²) in [6, 6.07) is 6.98. The second-order valence-electron chi connectivity index (χ2n) is 7.81. The lowest BCUT2D eigenvalue weighted by Crippen LogP contribution is -2.41. The highest BCUT2D eigenvalue weighted by atomic mass is 16.6. The topological polar surface area (TPSA) is 96.0 Å². The molecule has 1 aromatic rings. The molecule has 0 saturated heterocycles. The first kappa shape index (κ1) is 24.3. The van der Waals surface area contributed by atoms with Gasteiger partial charge in [-0.05, 0) is 58.6 Å². The number of hydrogen-bond acceptors (Lipinski definition) is 7. The molecule has 1 unspecified atom stereocenters. The van der Waals surface area contributed by atoms with Gasteiger partial charge in [-0.2, -0.15) is 0 Å². The predicted octanol–water partition coefficient (Wildman–Crippen LogP) is 3.75. The van der Waals surface area contributed by atoms with Crippen LogP contribution in [-0.4, -0.2) is 43.5 Å². The Balaban J connectivity index is 2.52. The van der Waals surface area contributed by atoms with Gasteiger partial charge >= 0.3 is 17.9 Å². The monoisotopic (exact) mass is 430 g/mol. The van der Waals surface area contributed by atoms with Crippen molar-refractivity contribution in [1.82, 2.24) is 0 Å². The molecular formula is C24H30O7. The molecule has 0 heterocycles. The lowest BCUT2D eigenvalue weighted by Gasteiger charge is -2.33. The van der Waals surface area contributed by atoms with Crippen molar-refractivity contribution in [3.05, 3.63) is 41.5 Å². The van der Waals surface area contributed by atoms with E-state index in [2.05, 4.69) is 0 Å². The Labute approximate surface area is 182 Å². The van der Waals surface area contributed by atoms with Crippen LogP contribution in [0.25, 0.3) is 5.57 Å². The van der Waals surface area contributed by atoms with Crippen LogP contribution in [0, 0.1) is 10.8 Å². The van der Waals surface area contributed by atoms with Crippen molar-refractivity contribution in [2.45, 2.75) is 47.5 Å². The second kappa shape index (κ2) is 9.90. The van der Waals surface area contributed by atoms with Gasteiger partial charge in [-0.1, -0.05) is 30.3 Å². The molecular weight excluding hydrogens is 400 g/mol. The van der Waals surface area contributed by atoms with Crippen LogP contribution in [0.5, 0.6) is 0 Å². The fourth-order valence-electron chi connectivity index (χ4n) is 3.61. The van der Waals surface area contributed by atoms with Crippen LogP contribution < -0.4 is 0 Å². The Kier molecular flexibility index (Phi) is 7.76. The van der Waals surface area contributed by atoms with E-state index in [1.54, 1.807) is 58.0 Å². The summed E-state index contributed by atoms with van der Waals surface area (Å²) in [6.45, 7) is 8.46. The molecule has 0 amide bonds. The number of esters is 3. The summed E-state index contributed by atoms with van der Waals surface area (Å²) >= 11 is 0. The van der Waals surface area contributed by atoms with E-state index in [4.69, 9.17) is 14.2 Å². The largest absolute Gasteiger partial charge is 0.465 e. The maximum absolute atomic E-state index is 13.1. The van der Waals surface area contributed by atoms with E-state index in [-0.39, 0.29) is 38.4 Å². The Hall–Kier alpha value is -2.96. The summed E-state index contributed by atoms with van der Waals surface area (Å²) in [6.07, 6.45) is 1.82. The third-order valence-electron chi connectivity index (χ3n) is 5.50. The van der Waals surface area contributed by atoms with Crippen molar-refractivity contribution in [3.8, 4) is 0 Å². The highest BCUT2D eigenvalue weighted by Gasteiger charge is 2.48. The van der Waals surface area contributed by atoms with Gasteiger partial charge in [0, 0.05) is 5.56 Å². The maximum atomic E-state index is 13.1. The molecule has 2 rings (SSSR count). The van der Waals surface area contributed by atoms with Crippen LogP contribution >= 0.6 is 0 Å². The molecule has 7 nitrogen and oxygen atoms in total. The summed E-state index contributed by atoms with van der Waals surface area (Å²) in [4.78, 5) is 51.0. The summed E-state index contributed by atoms with van der Waals surface area (Å²) in [5.74, 6) is -2.27. The highest BCUT2D eigenvalue weighted by molar-refractivity contribution is 6.17. The van der Waals surface area contributed by atoms with E-state index < -0.39 is 28.7 Å². The van der Waals surface area contributed by atoms with Crippen LogP contribution in [0.4, 0.5) is 0 Å². The predicted molar refractivity (Wildman–Crippen MR) is 114 cm³/mol. The number of ketones is 1. The molecule has 1 atom stereocenters. The number of allylic oxidation sites excluding steroid dienone is 2. The fourth-order valence-corrected chi connectivity index (χ4v) is 3.61. The molecule has 7 heteroatoms. The highest BCUT2D eigenvalue weighted by Crippen LogP contribution is 2.43. The SMILES string of the molecule is CCOC(=O)C(C)(C/C=C1/CC(C)(C(=O)OCC)C(=O)c2ccccc21)C(=O)OCC. The first-order chi connectivity index (χ1) is 14.7. The molecule has 168 valence electrons. The van der Waals surface area contributed by atoms with Gasteiger partial charge in [0.2, 0.25) is 0 Å². The van der Waals surface area contributed by atoms with Crippen molar-refractivity contribution < 1.29 is 33.4 Å². The van der Waals surface area contributed by atoms with E-state index in [0.717, 1.165) is 0 Å². The number of hydrogen-bond donors (Lipinski definition) is 0. The number of benzene rings is 1. The van der Waals surface area contributed by atoms with E-state index in [1.165, 1.54) is 6.92 Å². The summed E-state index contributed by atoms with van der Waals surface area (Å²) < 4.78 is 15.4. The zero-order chi connectivity index (χ0) is 23.2. The summed E-state index contributed by atoms with van der Waals surface area (Å²) in [5.41, 5.74) is -1.17. The zero-order valence-corrected chi connectivity index (χ0v) is 18.8. The standard InChI is InChI=1S/C24H30O7/c1-6-29-20(26)23(4,21(27)30-7-2)14-13-16-15-24(5,22(28)31-8-3)19(25)18-12-10-9-11-17(16)18/h9-13H,6-8,14-15H2,1-5H3/b16-13-. The van der Waals surface area contributed by atoms with Crippen molar-refractivity contribution in [2.75, 3.05) is 19.8 Å². The molecule has 0 spiro atoms. The molecule has 0 saturated carbocycles. The van der Waals surface area contributed by atoms with Crippen molar-refractivity contribution in [3.63, 3.8) is 0 Å². The minimum atomic E-state index is -1.55. The molecule has 1 aromatic carbocycles. The molecule has 0 fully saturated rings. The second-order valence-corrected chi connectivity index (χ2v) is 7.81. The third-order valence-corrected chi connectivity index (χ3v) is 5.50. The van der Waals surface area contributed by atoms with E-state index in [9.17, 15) is 19.2 Å². The number of fused-ring (bicyclic) bond motifs is 1. The molecule has 0 aromatic heterocycles. The van der Waals surface area contributed by atoms with Crippen LogP contribution in [-0.2, 0) is 28.6 Å². The van der Waals surface area contributed by atoms with Gasteiger partial charge in [0.05, 0.1) is 19.8 Å². The van der Waals surface area contributed by atoms with Gasteiger partial charge in [-0.3, -0.25) is 19.2 Å². The Morgan fingerprint density at radius 2 is 1.48 bits per heavy atom. The quantitative estimate of drug-likeness (QED) is 0.352. The third kappa shape index (κ3) is 4.70. The van der Waals surface area contributed by atoms with Crippen LogP contribution in [0.15, 0.2) is 30.3 Å². The first-order valence-corrected chi connectivity index (χ1v) is 10.5. The molecule has 0 bridgehead atoms. The zero-order valence-electron chi connectivity index (χ0n) is 18.8. The van der Waals surface area contributed by atoms with Gasteiger partial charge in [-0.15, -0.1) is 0 Å². The minimum absolute atomic E-state index is 0.00142. The van der Waals surface area contributed by atoms with Crippen LogP contribution in [0.2, 0.25) is 0 Å². The van der Waals surface area contributed by atoms with Crippen molar-refractivity contribution >= 4 is 29.3 Å². The molecule has 1 aliphatic rings. The summed E-state index contributed by atoms with van der Waals surface area (Å²) in [5, 5.41) is 0. The first-order valence-electron chi connectivity index (χ1n) is 10.5. The van der Waals surface area contributed by atoms with Crippen molar-refractivity contribution in [2.24, 2.45) is 10.8 Å². The Bertz CT molecular complexity index is 881. The number of rotatable bonds is 8. The Morgan fingerprint density at radius 1 is 0.968 bits per heavy atom.